The largest absolute Gasteiger partial charge is 0.756 e. The van der Waals surface area contributed by atoms with Crippen molar-refractivity contribution in [2.24, 2.45) is 0 Å². The molecule has 3 atom stereocenters. The number of nitrogens with one attached hydrogen (secondary N) is 1. The fourth-order valence-electron chi connectivity index (χ4n) is 10.8. The minimum atomic E-state index is -4.61. The van der Waals surface area contributed by atoms with Gasteiger partial charge in [-0.25, -0.2) is 0 Å². The van der Waals surface area contributed by atoms with Gasteiger partial charge < -0.3 is 28.8 Å². The van der Waals surface area contributed by atoms with Crippen LogP contribution in [0.1, 0.15) is 361 Å². The van der Waals surface area contributed by atoms with Gasteiger partial charge in [-0.05, 0) is 44.9 Å². The maximum Gasteiger partial charge on any atom is 0.268 e. The number of allylic oxidation sites excluding steroid dienone is 5. The van der Waals surface area contributed by atoms with Gasteiger partial charge >= 0.3 is 0 Å². The van der Waals surface area contributed by atoms with Crippen molar-refractivity contribution in [1.29, 1.82) is 0 Å². The quantitative estimate of drug-likeness (QED) is 0.0272. The number of aliphatic hydroxyl groups is 1. The van der Waals surface area contributed by atoms with Crippen LogP contribution in [0.25, 0.3) is 0 Å². The van der Waals surface area contributed by atoms with Crippen LogP contribution in [0, 0.1) is 0 Å². The summed E-state index contributed by atoms with van der Waals surface area (Å²) in [5, 5.41) is 13.9. The average Bonchev–Trinajstić information content (AvgIpc) is 3.42. The monoisotopic (exact) mass is 1150 g/mol. The third-order valence-corrected chi connectivity index (χ3v) is 17.3. The molecule has 0 fully saturated rings. The van der Waals surface area contributed by atoms with E-state index in [0.717, 1.165) is 44.9 Å². The van der Waals surface area contributed by atoms with Crippen LogP contribution in [-0.4, -0.2) is 68.5 Å². The number of amides is 1. The summed E-state index contributed by atoms with van der Waals surface area (Å²) in [5.74, 6) is -0.203. The molecule has 0 bridgehead atoms. The van der Waals surface area contributed by atoms with E-state index in [9.17, 15) is 19.4 Å². The normalized spacial score (nSPS) is 13.8. The van der Waals surface area contributed by atoms with E-state index >= 15 is 0 Å². The molecule has 0 heterocycles. The maximum absolute atomic E-state index is 13.0. The Hall–Kier alpha value is -1.28. The van der Waals surface area contributed by atoms with E-state index < -0.39 is 26.6 Å². The van der Waals surface area contributed by atoms with Crippen molar-refractivity contribution in [2.75, 3.05) is 40.9 Å². The highest BCUT2D eigenvalue weighted by molar-refractivity contribution is 7.45. The van der Waals surface area contributed by atoms with Crippen molar-refractivity contribution >= 4 is 13.7 Å². The fraction of sp³-hybridized carbons (Fsp3) is 0.901. The minimum Gasteiger partial charge on any atom is -0.756 e. The van der Waals surface area contributed by atoms with Crippen LogP contribution in [0.5, 0.6) is 0 Å². The molecule has 2 N–H and O–H groups in total. The predicted molar refractivity (Wildman–Crippen MR) is 348 cm³/mol. The lowest BCUT2D eigenvalue weighted by atomic mass is 10.0. The van der Waals surface area contributed by atoms with E-state index in [1.807, 2.05) is 27.2 Å². The van der Waals surface area contributed by atoms with Gasteiger partial charge in [0.25, 0.3) is 7.82 Å². The number of phosphoric ester groups is 1. The number of nitrogens with zero attached hydrogens (tertiary/aromatic N) is 1. The molecule has 0 saturated carbocycles. The van der Waals surface area contributed by atoms with Crippen molar-refractivity contribution in [1.82, 2.24) is 5.32 Å². The van der Waals surface area contributed by atoms with Crippen LogP contribution >= 0.6 is 7.82 Å². The van der Waals surface area contributed by atoms with E-state index in [1.54, 1.807) is 6.08 Å². The number of rotatable bonds is 66. The second-order valence-electron chi connectivity index (χ2n) is 25.6. The average molecular weight is 1150 g/mol. The zero-order valence-electron chi connectivity index (χ0n) is 54.3. The Morgan fingerprint density at radius 2 is 0.700 bits per heavy atom. The van der Waals surface area contributed by atoms with Crippen molar-refractivity contribution in [2.45, 2.75) is 373 Å². The molecule has 0 aliphatic carbocycles. The lowest BCUT2D eigenvalue weighted by molar-refractivity contribution is -0.870. The van der Waals surface area contributed by atoms with Crippen LogP contribution in [0.3, 0.4) is 0 Å². The van der Waals surface area contributed by atoms with E-state index in [4.69, 9.17) is 9.05 Å². The summed E-state index contributed by atoms with van der Waals surface area (Å²) in [6.07, 6.45) is 82.8. The Labute approximate surface area is 499 Å². The van der Waals surface area contributed by atoms with Gasteiger partial charge in [0.05, 0.1) is 39.9 Å². The van der Waals surface area contributed by atoms with Gasteiger partial charge in [0.15, 0.2) is 0 Å². The summed E-state index contributed by atoms with van der Waals surface area (Å²) >= 11 is 0. The second-order valence-corrected chi connectivity index (χ2v) is 27.0. The van der Waals surface area contributed by atoms with Gasteiger partial charge in [-0.15, -0.1) is 0 Å². The highest BCUT2D eigenvalue weighted by Gasteiger charge is 2.23. The van der Waals surface area contributed by atoms with Crippen molar-refractivity contribution in [3.63, 3.8) is 0 Å². The van der Waals surface area contributed by atoms with E-state index in [1.165, 1.54) is 295 Å². The topological polar surface area (TPSA) is 108 Å². The molecule has 0 radical (unpaired) electrons. The third kappa shape index (κ3) is 64.3. The number of unbranched alkanes of at least 4 members (excludes halogenated alkanes) is 49. The number of likely N-dealkylation sites (N-methyl/N-ethyl adjacent to an activating group) is 1. The number of quaternary nitrogens is 1. The van der Waals surface area contributed by atoms with Crippen LogP contribution < -0.4 is 10.2 Å². The van der Waals surface area contributed by atoms with Crippen LogP contribution in [0.2, 0.25) is 0 Å². The van der Waals surface area contributed by atoms with Gasteiger partial charge in [0.1, 0.15) is 13.2 Å². The molecule has 0 rings (SSSR count). The molecule has 8 nitrogen and oxygen atoms in total. The molecule has 0 aliphatic heterocycles. The molecule has 474 valence electrons. The van der Waals surface area contributed by atoms with E-state index in [2.05, 4.69) is 43.5 Å². The Balaban J connectivity index is 4.07. The summed E-state index contributed by atoms with van der Waals surface area (Å²) in [7, 11) is 1.25. The van der Waals surface area contributed by atoms with Gasteiger partial charge in [0, 0.05) is 6.42 Å². The smallest absolute Gasteiger partial charge is 0.268 e. The van der Waals surface area contributed by atoms with Crippen LogP contribution in [0.4, 0.5) is 0 Å². The molecular weight excluding hydrogens is 1010 g/mol. The Kier molecular flexibility index (Phi) is 61.3. The lowest BCUT2D eigenvalue weighted by Crippen LogP contribution is -2.45. The molecular formula is C71H139N2O6P. The lowest BCUT2D eigenvalue weighted by Gasteiger charge is -2.29. The first-order valence-electron chi connectivity index (χ1n) is 35.4. The zero-order chi connectivity index (χ0) is 58.4. The van der Waals surface area contributed by atoms with Gasteiger partial charge in [-0.2, -0.15) is 0 Å². The Morgan fingerprint density at radius 3 is 1.01 bits per heavy atom. The molecule has 1 amide bonds. The van der Waals surface area contributed by atoms with E-state index in [0.29, 0.717) is 17.4 Å². The number of phosphoric acid groups is 1. The highest BCUT2D eigenvalue weighted by Crippen LogP contribution is 2.38. The summed E-state index contributed by atoms with van der Waals surface area (Å²) in [5.41, 5.74) is 0. The first kappa shape index (κ1) is 78.7. The zero-order valence-corrected chi connectivity index (χ0v) is 55.2. The first-order valence-corrected chi connectivity index (χ1v) is 36.8. The Morgan fingerprint density at radius 1 is 0.425 bits per heavy atom. The highest BCUT2D eigenvalue weighted by atomic mass is 31.2. The molecule has 0 aliphatic rings. The van der Waals surface area contributed by atoms with Crippen LogP contribution in [0.15, 0.2) is 36.5 Å². The van der Waals surface area contributed by atoms with E-state index in [-0.39, 0.29) is 12.5 Å². The number of hydrogen-bond acceptors (Lipinski definition) is 6. The number of aliphatic hydroxyl groups excluding tert-OH is 1. The fourth-order valence-corrected chi connectivity index (χ4v) is 11.6. The first-order chi connectivity index (χ1) is 39.0. The molecule has 0 spiro atoms. The van der Waals surface area contributed by atoms with Gasteiger partial charge in [0.2, 0.25) is 5.91 Å². The summed E-state index contributed by atoms with van der Waals surface area (Å²) in [6, 6.07) is -0.909. The standard InChI is InChI=1S/C71H139N2O6P/c1-6-8-10-12-14-16-18-20-22-24-26-28-30-32-34-35-36-37-38-39-41-43-45-47-49-51-53-55-57-59-61-63-65-71(75)72-69(68-79-80(76,77)78-67-66-73(3,4)5)70(74)64-62-60-58-56-54-52-50-48-46-44-42-40-33-31-29-27-25-23-21-19-17-15-13-11-9-7-2/h46,48,54,56,62,64,69-70,74H,6-45,47,49-53,55,57-61,63,65-68H2,1-5H3,(H-,72,75,76,77)/b48-46+,56-54+,64-62+. The Bertz CT molecular complexity index is 1400. The van der Waals surface area contributed by atoms with Crippen molar-refractivity contribution in [3.05, 3.63) is 36.5 Å². The minimum absolute atomic E-state index is 0.00708. The molecule has 0 aromatic rings. The number of carbonyl (C=O) groups is 1. The van der Waals surface area contributed by atoms with Crippen molar-refractivity contribution in [3.8, 4) is 0 Å². The molecule has 0 aromatic carbocycles. The summed E-state index contributed by atoms with van der Waals surface area (Å²) < 4.78 is 23.4. The van der Waals surface area contributed by atoms with Gasteiger partial charge in [-0.1, -0.05) is 346 Å². The maximum atomic E-state index is 13.0. The summed E-state index contributed by atoms with van der Waals surface area (Å²) in [4.78, 5) is 25.6. The molecule has 9 heteroatoms. The SMILES string of the molecule is CCCCCCCCCCCCCCCCCC/C=C/CC/C=C/CC/C=C/C(O)C(COP(=O)([O-])OCC[N+](C)(C)C)NC(=O)CCCCCCCCCCCCCCCCCCCCCCCCCCCCCCCCCC. The molecule has 80 heavy (non-hydrogen) atoms. The summed E-state index contributed by atoms with van der Waals surface area (Å²) in [6.45, 7) is 4.68. The van der Waals surface area contributed by atoms with Crippen molar-refractivity contribution < 1.29 is 32.9 Å². The molecule has 3 unspecified atom stereocenters. The second kappa shape index (κ2) is 62.3. The number of carbonyl (C=O) groups excluding carboxylic acids is 1. The van der Waals surface area contributed by atoms with Gasteiger partial charge in [-0.3, -0.25) is 9.36 Å². The molecule has 0 aromatic heterocycles. The van der Waals surface area contributed by atoms with Crippen LogP contribution in [-0.2, 0) is 18.4 Å². The molecule has 0 saturated heterocycles. The third-order valence-electron chi connectivity index (χ3n) is 16.3. The number of hydrogen-bond donors (Lipinski definition) is 2. The predicted octanol–water partition coefficient (Wildman–Crippen LogP) is 21.8.